The zero-order valence-electron chi connectivity index (χ0n) is 18.1. The van der Waals surface area contributed by atoms with Crippen molar-refractivity contribution in [1.82, 2.24) is 4.90 Å². The van der Waals surface area contributed by atoms with Crippen LogP contribution in [-0.2, 0) is 15.8 Å². The molecule has 0 N–H and O–H groups in total. The van der Waals surface area contributed by atoms with Crippen molar-refractivity contribution in [1.29, 1.82) is 0 Å². The van der Waals surface area contributed by atoms with Gasteiger partial charge >= 0.3 is 5.97 Å². The van der Waals surface area contributed by atoms with Gasteiger partial charge in [0.25, 0.3) is 8.32 Å². The molecule has 0 aliphatic carbocycles. The van der Waals surface area contributed by atoms with Gasteiger partial charge < -0.3 is 4.43 Å². The molecule has 0 aromatic heterocycles. The molecule has 150 valence electrons. The van der Waals surface area contributed by atoms with E-state index in [0.717, 1.165) is 13.1 Å². The number of carbonyl (C=O) groups is 1. The zero-order valence-corrected chi connectivity index (χ0v) is 19.1. The Hall–Kier alpha value is -1.39. The summed E-state index contributed by atoms with van der Waals surface area (Å²) in [6, 6.07) is 10.2. The van der Waals surface area contributed by atoms with Crippen LogP contribution in [0.15, 0.2) is 42.5 Å². The van der Waals surface area contributed by atoms with E-state index in [9.17, 15) is 4.79 Å². The molecule has 2 rings (SSSR count). The number of rotatable bonds is 7. The predicted molar refractivity (Wildman–Crippen MR) is 116 cm³/mol. The van der Waals surface area contributed by atoms with Gasteiger partial charge in [0.15, 0.2) is 0 Å². The monoisotopic (exact) mass is 387 g/mol. The number of benzene rings is 1. The van der Waals surface area contributed by atoms with Crippen LogP contribution in [0.5, 0.6) is 0 Å². The maximum Gasteiger partial charge on any atom is 0.310 e. The summed E-state index contributed by atoms with van der Waals surface area (Å²) in [5.41, 5.74) is 2.44. The van der Waals surface area contributed by atoms with Gasteiger partial charge in [0.1, 0.15) is 6.04 Å². The molecule has 0 saturated heterocycles. The highest BCUT2D eigenvalue weighted by atomic mass is 28.4. The Morgan fingerprint density at radius 2 is 1.63 bits per heavy atom. The van der Waals surface area contributed by atoms with Crippen molar-refractivity contribution < 1.29 is 9.22 Å². The third-order valence-electron chi connectivity index (χ3n) is 6.13. The highest BCUT2D eigenvalue weighted by molar-refractivity contribution is 6.79. The molecule has 1 aliphatic rings. The second-order valence-corrected chi connectivity index (χ2v) is 14.3. The summed E-state index contributed by atoms with van der Waals surface area (Å²) in [5.74, 6) is 0.138. The number of nitrogens with zero attached hydrogens (tertiary/aromatic N) is 1. The summed E-state index contributed by atoms with van der Waals surface area (Å²) in [6.07, 6.45) is 4.34. The summed E-state index contributed by atoms with van der Waals surface area (Å²) >= 11 is 0. The molecule has 0 spiro atoms. The second kappa shape index (κ2) is 9.20. The van der Waals surface area contributed by atoms with Crippen LogP contribution in [0.4, 0.5) is 0 Å². The van der Waals surface area contributed by atoms with E-state index in [1.54, 1.807) is 0 Å². The Bertz CT molecular complexity index is 617. The Morgan fingerprint density at radius 3 is 2.15 bits per heavy atom. The molecule has 0 amide bonds. The molecule has 3 nitrogen and oxygen atoms in total. The summed E-state index contributed by atoms with van der Waals surface area (Å²) in [4.78, 5) is 15.7. The fourth-order valence-corrected chi connectivity index (χ4v) is 10.1. The Morgan fingerprint density at radius 1 is 1.07 bits per heavy atom. The van der Waals surface area contributed by atoms with Gasteiger partial charge in [-0.05, 0) is 22.2 Å². The molecular formula is C23H37NO2Si. The third-order valence-corrected chi connectivity index (χ3v) is 12.1. The summed E-state index contributed by atoms with van der Waals surface area (Å²) in [5, 5.41) is 0. The van der Waals surface area contributed by atoms with Crippen molar-refractivity contribution >= 4 is 14.3 Å². The molecule has 1 aromatic rings. The van der Waals surface area contributed by atoms with Gasteiger partial charge in [0.2, 0.25) is 0 Å². The molecule has 0 fully saturated rings. The maximum absolute atomic E-state index is 13.5. The van der Waals surface area contributed by atoms with Crippen LogP contribution >= 0.6 is 0 Å². The van der Waals surface area contributed by atoms with Crippen LogP contribution in [-0.4, -0.2) is 31.8 Å². The van der Waals surface area contributed by atoms with Crippen LogP contribution in [0.2, 0.25) is 16.6 Å². The topological polar surface area (TPSA) is 29.5 Å². The number of carbonyl (C=O) groups excluding carboxylic acids is 1. The van der Waals surface area contributed by atoms with Crippen molar-refractivity contribution in [2.45, 2.75) is 77.7 Å². The lowest BCUT2D eigenvalue weighted by Crippen LogP contribution is -2.55. The standard InChI is InChI=1S/C23H37NO2Si/c1-17(2)27(18(3)4,19(5)6)26-23(25)22-20(7)12-11-15-24(22)16-21-13-9-8-10-14-21/h8-14,17-20,22H,15-16H2,1-7H3/t20-,22+/m1/s1. The fraction of sp³-hybridized carbons (Fsp3) is 0.609. The molecule has 0 bridgehead atoms. The first-order valence-electron chi connectivity index (χ1n) is 10.4. The molecule has 2 atom stereocenters. The van der Waals surface area contributed by atoms with Crippen molar-refractivity contribution in [3.8, 4) is 0 Å². The van der Waals surface area contributed by atoms with E-state index in [-0.39, 0.29) is 17.9 Å². The van der Waals surface area contributed by atoms with E-state index in [4.69, 9.17) is 4.43 Å². The van der Waals surface area contributed by atoms with E-state index in [1.165, 1.54) is 5.56 Å². The molecule has 1 aliphatic heterocycles. The summed E-state index contributed by atoms with van der Waals surface area (Å²) in [7, 11) is -2.23. The van der Waals surface area contributed by atoms with Crippen LogP contribution in [0, 0.1) is 5.92 Å². The van der Waals surface area contributed by atoms with Gasteiger partial charge in [-0.15, -0.1) is 0 Å². The quantitative estimate of drug-likeness (QED) is 0.438. The van der Waals surface area contributed by atoms with Crippen LogP contribution in [0.25, 0.3) is 0 Å². The SMILES string of the molecule is CC(C)[Si](OC(=O)[C@@H]1[C@H](C)C=CCN1Cc1ccccc1)(C(C)C)C(C)C. The van der Waals surface area contributed by atoms with Crippen molar-refractivity contribution in [3.05, 3.63) is 48.0 Å². The van der Waals surface area contributed by atoms with E-state index < -0.39 is 8.32 Å². The second-order valence-electron chi connectivity index (χ2n) is 8.89. The lowest BCUT2D eigenvalue weighted by atomic mass is 9.96. The molecule has 0 saturated carbocycles. The van der Waals surface area contributed by atoms with Crippen LogP contribution in [0.3, 0.4) is 0 Å². The van der Waals surface area contributed by atoms with Gasteiger partial charge in [-0.1, -0.05) is 91.0 Å². The summed E-state index contributed by atoms with van der Waals surface area (Å²) < 4.78 is 6.52. The fourth-order valence-electron chi connectivity index (χ4n) is 4.89. The highest BCUT2D eigenvalue weighted by Crippen LogP contribution is 2.43. The Labute approximate surface area is 166 Å². The molecule has 0 radical (unpaired) electrons. The molecule has 27 heavy (non-hydrogen) atoms. The highest BCUT2D eigenvalue weighted by Gasteiger charge is 2.50. The molecule has 1 heterocycles. The predicted octanol–water partition coefficient (Wildman–Crippen LogP) is 5.78. The van der Waals surface area contributed by atoms with Crippen molar-refractivity contribution in [2.24, 2.45) is 5.92 Å². The molecule has 0 unspecified atom stereocenters. The van der Waals surface area contributed by atoms with E-state index in [0.29, 0.717) is 16.6 Å². The van der Waals surface area contributed by atoms with Gasteiger partial charge in [0, 0.05) is 19.0 Å². The Kier molecular flexibility index (Phi) is 7.46. The maximum atomic E-state index is 13.5. The lowest BCUT2D eigenvalue weighted by molar-refractivity contribution is -0.143. The van der Waals surface area contributed by atoms with Gasteiger partial charge in [-0.2, -0.15) is 0 Å². The third kappa shape index (κ3) is 4.72. The van der Waals surface area contributed by atoms with E-state index in [1.807, 2.05) is 6.07 Å². The number of hydrogen-bond donors (Lipinski definition) is 0. The smallest absolute Gasteiger partial charge is 0.310 e. The molecule has 4 heteroatoms. The van der Waals surface area contributed by atoms with Gasteiger partial charge in [-0.25, -0.2) is 0 Å². The number of hydrogen-bond acceptors (Lipinski definition) is 3. The largest absolute Gasteiger partial charge is 0.517 e. The van der Waals surface area contributed by atoms with Crippen molar-refractivity contribution in [2.75, 3.05) is 6.54 Å². The Balaban J connectivity index is 2.28. The molecule has 1 aromatic carbocycles. The minimum atomic E-state index is -2.23. The van der Waals surface area contributed by atoms with Crippen LogP contribution < -0.4 is 0 Å². The van der Waals surface area contributed by atoms with E-state index >= 15 is 0 Å². The van der Waals surface area contributed by atoms with Crippen LogP contribution in [0.1, 0.15) is 54.0 Å². The first-order chi connectivity index (χ1) is 12.7. The van der Waals surface area contributed by atoms with Crippen molar-refractivity contribution in [3.63, 3.8) is 0 Å². The minimum absolute atomic E-state index is 0.0226. The first kappa shape index (κ1) is 21.9. The van der Waals surface area contributed by atoms with Gasteiger partial charge in [0.05, 0.1) is 0 Å². The minimum Gasteiger partial charge on any atom is -0.517 e. The van der Waals surface area contributed by atoms with E-state index in [2.05, 4.69) is 89.8 Å². The average Bonchev–Trinajstić information content (AvgIpc) is 2.59. The average molecular weight is 388 g/mol. The summed E-state index contributed by atoms with van der Waals surface area (Å²) in [6.45, 7) is 17.1. The molecular weight excluding hydrogens is 350 g/mol. The van der Waals surface area contributed by atoms with Gasteiger partial charge in [-0.3, -0.25) is 9.69 Å². The zero-order chi connectivity index (χ0) is 20.2. The normalized spacial score (nSPS) is 21.3. The lowest BCUT2D eigenvalue weighted by Gasteiger charge is -2.44. The first-order valence-corrected chi connectivity index (χ1v) is 12.5.